The van der Waals surface area contributed by atoms with Crippen molar-refractivity contribution >= 4 is 17.3 Å². The van der Waals surface area contributed by atoms with E-state index in [1.165, 1.54) is 13.2 Å². The monoisotopic (exact) mass is 304 g/mol. The van der Waals surface area contributed by atoms with Crippen molar-refractivity contribution in [2.45, 2.75) is 26.5 Å². The SMILES string of the molecule is CCCNC(=S)NCc1ccc(OC(F)F)c(OC)c1. The number of alkyl halides is 2. The maximum Gasteiger partial charge on any atom is 0.387 e. The minimum absolute atomic E-state index is 0.0120. The summed E-state index contributed by atoms with van der Waals surface area (Å²) in [6.07, 6.45) is 0.981. The first-order valence-corrected chi connectivity index (χ1v) is 6.61. The fraction of sp³-hybridized carbons (Fsp3) is 0.462. The van der Waals surface area contributed by atoms with Gasteiger partial charge in [0.05, 0.1) is 7.11 Å². The lowest BCUT2D eigenvalue weighted by molar-refractivity contribution is -0.0512. The van der Waals surface area contributed by atoms with E-state index >= 15 is 0 Å². The number of thiocarbonyl (C=S) groups is 1. The van der Waals surface area contributed by atoms with Crippen molar-refractivity contribution in [3.63, 3.8) is 0 Å². The summed E-state index contributed by atoms with van der Waals surface area (Å²) < 4.78 is 33.8. The van der Waals surface area contributed by atoms with Crippen molar-refractivity contribution in [2.75, 3.05) is 13.7 Å². The minimum atomic E-state index is -2.88. The average molecular weight is 304 g/mol. The maximum absolute atomic E-state index is 12.2. The zero-order valence-corrected chi connectivity index (χ0v) is 12.2. The van der Waals surface area contributed by atoms with E-state index in [-0.39, 0.29) is 11.5 Å². The van der Waals surface area contributed by atoms with Gasteiger partial charge in [-0.05, 0) is 36.3 Å². The molecule has 1 rings (SSSR count). The Morgan fingerprint density at radius 2 is 2.05 bits per heavy atom. The smallest absolute Gasteiger partial charge is 0.387 e. The van der Waals surface area contributed by atoms with Crippen LogP contribution >= 0.6 is 12.2 Å². The first-order chi connectivity index (χ1) is 9.56. The standard InChI is InChI=1S/C13H18F2N2O2S/c1-3-6-16-13(20)17-8-9-4-5-10(19-12(14)15)11(7-9)18-2/h4-5,7,12H,3,6,8H2,1-2H3,(H2,16,17,20). The molecular formula is C13H18F2N2O2S. The van der Waals surface area contributed by atoms with Crippen LogP contribution in [-0.4, -0.2) is 25.4 Å². The molecule has 0 saturated carbocycles. The number of benzene rings is 1. The second-order valence-corrected chi connectivity index (χ2v) is 4.38. The van der Waals surface area contributed by atoms with E-state index in [4.69, 9.17) is 17.0 Å². The molecule has 20 heavy (non-hydrogen) atoms. The summed E-state index contributed by atoms with van der Waals surface area (Å²) in [6, 6.07) is 4.76. The Labute approximate surface area is 122 Å². The molecule has 112 valence electrons. The van der Waals surface area contributed by atoms with Crippen LogP contribution in [0.3, 0.4) is 0 Å². The Morgan fingerprint density at radius 1 is 1.30 bits per heavy atom. The van der Waals surface area contributed by atoms with Gasteiger partial charge in [-0.2, -0.15) is 8.78 Å². The van der Waals surface area contributed by atoms with Crippen LogP contribution < -0.4 is 20.1 Å². The first-order valence-electron chi connectivity index (χ1n) is 6.20. The van der Waals surface area contributed by atoms with Crippen LogP contribution in [-0.2, 0) is 6.54 Å². The Morgan fingerprint density at radius 3 is 2.65 bits per heavy atom. The van der Waals surface area contributed by atoms with E-state index in [1.807, 2.05) is 6.92 Å². The van der Waals surface area contributed by atoms with Gasteiger partial charge in [0.15, 0.2) is 16.6 Å². The van der Waals surface area contributed by atoms with Crippen LogP contribution in [0.5, 0.6) is 11.5 Å². The summed E-state index contributed by atoms with van der Waals surface area (Å²) in [4.78, 5) is 0. The average Bonchev–Trinajstić information content (AvgIpc) is 2.43. The van der Waals surface area contributed by atoms with Gasteiger partial charge in [-0.25, -0.2) is 0 Å². The molecule has 0 fully saturated rings. The number of halogens is 2. The molecule has 4 nitrogen and oxygen atoms in total. The predicted octanol–water partition coefficient (Wildman–Crippen LogP) is 2.67. The Hall–Kier alpha value is -1.63. The highest BCUT2D eigenvalue weighted by Crippen LogP contribution is 2.29. The predicted molar refractivity (Wildman–Crippen MR) is 77.4 cm³/mol. The maximum atomic E-state index is 12.2. The van der Waals surface area contributed by atoms with Gasteiger partial charge in [-0.15, -0.1) is 0 Å². The highest BCUT2D eigenvalue weighted by atomic mass is 32.1. The fourth-order valence-electron chi connectivity index (χ4n) is 1.50. The van der Waals surface area contributed by atoms with Gasteiger partial charge in [-0.3, -0.25) is 0 Å². The molecule has 2 N–H and O–H groups in total. The summed E-state index contributed by atoms with van der Waals surface area (Å²) in [5.74, 6) is 0.273. The molecule has 1 aromatic rings. The van der Waals surface area contributed by atoms with Crippen LogP contribution in [0.4, 0.5) is 8.78 Å². The van der Waals surface area contributed by atoms with Crippen molar-refractivity contribution in [3.8, 4) is 11.5 Å². The van der Waals surface area contributed by atoms with Crippen molar-refractivity contribution in [3.05, 3.63) is 23.8 Å². The van der Waals surface area contributed by atoms with Crippen LogP contribution in [0.25, 0.3) is 0 Å². The number of ether oxygens (including phenoxy) is 2. The molecule has 0 unspecified atom stereocenters. The number of hydrogen-bond donors (Lipinski definition) is 2. The second kappa shape index (κ2) is 8.52. The molecule has 0 bridgehead atoms. The largest absolute Gasteiger partial charge is 0.493 e. The first kappa shape index (κ1) is 16.4. The molecule has 0 aromatic heterocycles. The van der Waals surface area contributed by atoms with E-state index in [1.54, 1.807) is 12.1 Å². The number of hydrogen-bond acceptors (Lipinski definition) is 3. The fourth-order valence-corrected chi connectivity index (χ4v) is 1.67. The molecule has 1 aromatic carbocycles. The molecule has 0 atom stereocenters. The molecule has 0 saturated heterocycles. The highest BCUT2D eigenvalue weighted by Gasteiger charge is 2.11. The van der Waals surface area contributed by atoms with Crippen LogP contribution in [0, 0.1) is 0 Å². The lowest BCUT2D eigenvalue weighted by atomic mass is 10.2. The van der Waals surface area contributed by atoms with Gasteiger partial charge in [0.1, 0.15) is 0 Å². The second-order valence-electron chi connectivity index (χ2n) is 3.97. The van der Waals surface area contributed by atoms with Crippen molar-refractivity contribution in [1.82, 2.24) is 10.6 Å². The van der Waals surface area contributed by atoms with Crippen LogP contribution in [0.2, 0.25) is 0 Å². The molecule has 0 aliphatic heterocycles. The lowest BCUT2D eigenvalue weighted by Crippen LogP contribution is -2.35. The summed E-state index contributed by atoms with van der Waals surface area (Å²) in [5, 5.41) is 6.61. The topological polar surface area (TPSA) is 42.5 Å². The molecule has 0 radical (unpaired) electrons. The summed E-state index contributed by atoms with van der Waals surface area (Å²) >= 11 is 5.09. The molecule has 0 heterocycles. The van der Waals surface area contributed by atoms with Gasteiger partial charge in [0.25, 0.3) is 0 Å². The quantitative estimate of drug-likeness (QED) is 0.758. The molecular weight excluding hydrogens is 286 g/mol. The summed E-state index contributed by atoms with van der Waals surface area (Å²) in [6.45, 7) is 0.443. The van der Waals surface area contributed by atoms with E-state index in [9.17, 15) is 8.78 Å². The van der Waals surface area contributed by atoms with E-state index in [0.29, 0.717) is 11.7 Å². The molecule has 0 spiro atoms. The number of methoxy groups -OCH3 is 1. The van der Waals surface area contributed by atoms with Crippen molar-refractivity contribution in [2.24, 2.45) is 0 Å². The molecule has 0 aliphatic carbocycles. The third kappa shape index (κ3) is 5.56. The summed E-state index contributed by atoms with van der Waals surface area (Å²) in [5.41, 5.74) is 0.851. The van der Waals surface area contributed by atoms with Crippen molar-refractivity contribution in [1.29, 1.82) is 0 Å². The zero-order valence-electron chi connectivity index (χ0n) is 11.4. The van der Waals surface area contributed by atoms with Crippen LogP contribution in [0.1, 0.15) is 18.9 Å². The third-order valence-corrected chi connectivity index (χ3v) is 2.72. The summed E-state index contributed by atoms with van der Waals surface area (Å²) in [7, 11) is 1.40. The number of rotatable bonds is 7. The van der Waals surface area contributed by atoms with Crippen LogP contribution in [0.15, 0.2) is 18.2 Å². The van der Waals surface area contributed by atoms with Gasteiger partial charge in [-0.1, -0.05) is 13.0 Å². The Kier molecular flexibility index (Phi) is 7.00. The van der Waals surface area contributed by atoms with Gasteiger partial charge in [0.2, 0.25) is 0 Å². The van der Waals surface area contributed by atoms with Gasteiger partial charge in [0, 0.05) is 13.1 Å². The van der Waals surface area contributed by atoms with Gasteiger partial charge >= 0.3 is 6.61 Å². The van der Waals surface area contributed by atoms with Crippen molar-refractivity contribution < 1.29 is 18.3 Å². The number of nitrogens with one attached hydrogen (secondary N) is 2. The molecule has 0 amide bonds. The highest BCUT2D eigenvalue weighted by molar-refractivity contribution is 7.80. The molecule has 7 heteroatoms. The minimum Gasteiger partial charge on any atom is -0.493 e. The van der Waals surface area contributed by atoms with E-state index in [0.717, 1.165) is 18.5 Å². The Balaban J connectivity index is 2.61. The van der Waals surface area contributed by atoms with E-state index in [2.05, 4.69) is 15.4 Å². The Bertz CT molecular complexity index is 444. The van der Waals surface area contributed by atoms with Gasteiger partial charge < -0.3 is 20.1 Å². The normalized spacial score (nSPS) is 10.2. The lowest BCUT2D eigenvalue weighted by Gasteiger charge is -2.13. The van der Waals surface area contributed by atoms with E-state index < -0.39 is 6.61 Å². The molecule has 0 aliphatic rings. The zero-order chi connectivity index (χ0) is 15.0. The third-order valence-electron chi connectivity index (χ3n) is 2.43.